The van der Waals surface area contributed by atoms with Gasteiger partial charge < -0.3 is 4.74 Å². The van der Waals surface area contributed by atoms with E-state index in [0.717, 1.165) is 49.7 Å². The Morgan fingerprint density at radius 3 is 2.17 bits per heavy atom. The Labute approximate surface area is 139 Å². The third-order valence-corrected chi connectivity index (χ3v) is 6.09. The minimum absolute atomic E-state index is 0.0202. The summed E-state index contributed by atoms with van der Waals surface area (Å²) in [7, 11) is 0. The summed E-state index contributed by atoms with van der Waals surface area (Å²) in [6.45, 7) is -0.410. The predicted molar refractivity (Wildman–Crippen MR) is 82.2 cm³/mol. The van der Waals surface area contributed by atoms with Crippen LogP contribution in [0.5, 0.6) is 0 Å². The Morgan fingerprint density at radius 2 is 1.58 bits per heavy atom. The van der Waals surface area contributed by atoms with Crippen molar-refractivity contribution in [2.75, 3.05) is 6.61 Å². The lowest BCUT2D eigenvalue weighted by Gasteiger charge is -2.53. The molecule has 1 aromatic rings. The molecule has 4 bridgehead atoms. The SMILES string of the molecule is O=C(COC(=O)C1C2CC3CC(C2)CC1C3)c1ccc(F)c(F)c1. The summed E-state index contributed by atoms with van der Waals surface area (Å²) in [5.74, 6) is -0.647. The van der Waals surface area contributed by atoms with Gasteiger partial charge in [-0.2, -0.15) is 0 Å². The number of hydrogen-bond acceptors (Lipinski definition) is 3. The Balaban J connectivity index is 1.38. The average molecular weight is 334 g/mol. The zero-order valence-electron chi connectivity index (χ0n) is 13.3. The fourth-order valence-corrected chi connectivity index (χ4v) is 5.30. The van der Waals surface area contributed by atoms with Crippen molar-refractivity contribution >= 4 is 11.8 Å². The van der Waals surface area contributed by atoms with Crippen LogP contribution in [0.4, 0.5) is 8.78 Å². The van der Waals surface area contributed by atoms with Gasteiger partial charge in [-0.3, -0.25) is 9.59 Å². The van der Waals surface area contributed by atoms with Gasteiger partial charge in [0.2, 0.25) is 0 Å². The molecule has 0 radical (unpaired) electrons. The van der Waals surface area contributed by atoms with E-state index in [0.29, 0.717) is 11.8 Å². The smallest absolute Gasteiger partial charge is 0.309 e. The maximum Gasteiger partial charge on any atom is 0.309 e. The van der Waals surface area contributed by atoms with Crippen LogP contribution in [-0.4, -0.2) is 18.4 Å². The second-order valence-corrected chi connectivity index (χ2v) is 7.62. The van der Waals surface area contributed by atoms with E-state index >= 15 is 0 Å². The Kier molecular flexibility index (Phi) is 3.89. The molecular formula is C19H20F2O3. The molecule has 4 saturated carbocycles. The quantitative estimate of drug-likeness (QED) is 0.622. The molecule has 5 rings (SSSR count). The average Bonchev–Trinajstić information content (AvgIpc) is 2.54. The highest BCUT2D eigenvalue weighted by molar-refractivity contribution is 5.98. The van der Waals surface area contributed by atoms with E-state index in [1.165, 1.54) is 12.5 Å². The van der Waals surface area contributed by atoms with E-state index in [-0.39, 0.29) is 17.5 Å². The number of esters is 1. The number of ketones is 1. The second kappa shape index (κ2) is 5.94. The number of hydrogen-bond donors (Lipinski definition) is 0. The number of benzene rings is 1. The van der Waals surface area contributed by atoms with Crippen molar-refractivity contribution in [2.45, 2.75) is 32.1 Å². The molecule has 1 aromatic carbocycles. The lowest BCUT2D eigenvalue weighted by atomic mass is 9.52. The molecule has 0 N–H and O–H groups in total. The van der Waals surface area contributed by atoms with Crippen LogP contribution in [0.1, 0.15) is 42.5 Å². The number of Topliss-reactive ketones (excluding diaryl/α,β-unsaturated/α-hetero) is 1. The topological polar surface area (TPSA) is 43.4 Å². The van der Waals surface area contributed by atoms with Crippen molar-refractivity contribution in [1.29, 1.82) is 0 Å². The Morgan fingerprint density at radius 1 is 0.958 bits per heavy atom. The van der Waals surface area contributed by atoms with Gasteiger partial charge in [0.25, 0.3) is 0 Å². The molecule has 5 heteroatoms. The first-order valence-corrected chi connectivity index (χ1v) is 8.66. The first kappa shape index (κ1) is 15.7. The van der Waals surface area contributed by atoms with Gasteiger partial charge in [-0.15, -0.1) is 0 Å². The van der Waals surface area contributed by atoms with Crippen LogP contribution in [0, 0.1) is 41.2 Å². The first-order valence-electron chi connectivity index (χ1n) is 8.66. The van der Waals surface area contributed by atoms with Gasteiger partial charge in [0.15, 0.2) is 24.0 Å². The van der Waals surface area contributed by atoms with E-state index in [9.17, 15) is 18.4 Å². The summed E-state index contributed by atoms with van der Waals surface area (Å²) < 4.78 is 31.4. The van der Waals surface area contributed by atoms with Crippen LogP contribution in [-0.2, 0) is 9.53 Å². The van der Waals surface area contributed by atoms with Gasteiger partial charge in [-0.1, -0.05) is 0 Å². The van der Waals surface area contributed by atoms with Crippen LogP contribution in [0.25, 0.3) is 0 Å². The van der Waals surface area contributed by atoms with Gasteiger partial charge >= 0.3 is 5.97 Å². The van der Waals surface area contributed by atoms with E-state index in [1.54, 1.807) is 0 Å². The summed E-state index contributed by atoms with van der Waals surface area (Å²) >= 11 is 0. The molecule has 0 saturated heterocycles. The standard InChI is InChI=1S/C19H20F2O3/c20-15-2-1-12(8-16(15)21)17(22)9-24-19(23)18-13-4-10-3-11(6-13)7-14(18)5-10/h1-2,8,10-11,13-14,18H,3-7,9H2. The fraction of sp³-hybridized carbons (Fsp3) is 0.579. The maximum absolute atomic E-state index is 13.2. The van der Waals surface area contributed by atoms with Crippen molar-refractivity contribution < 1.29 is 23.1 Å². The van der Waals surface area contributed by atoms with Crippen molar-refractivity contribution in [3.05, 3.63) is 35.4 Å². The highest BCUT2D eigenvalue weighted by atomic mass is 19.2. The Bertz CT molecular complexity index is 657. The number of carbonyl (C=O) groups is 2. The molecule has 0 aliphatic heterocycles. The van der Waals surface area contributed by atoms with Crippen LogP contribution in [0.15, 0.2) is 18.2 Å². The molecule has 0 aromatic heterocycles. The largest absolute Gasteiger partial charge is 0.457 e. The van der Waals surface area contributed by atoms with Crippen molar-refractivity contribution in [2.24, 2.45) is 29.6 Å². The number of halogens is 2. The molecule has 4 aliphatic carbocycles. The molecule has 4 fully saturated rings. The van der Waals surface area contributed by atoms with Crippen LogP contribution >= 0.6 is 0 Å². The second-order valence-electron chi connectivity index (χ2n) is 7.62. The van der Waals surface area contributed by atoms with E-state index in [1.807, 2.05) is 0 Å². The molecule has 3 nitrogen and oxygen atoms in total. The van der Waals surface area contributed by atoms with E-state index in [4.69, 9.17) is 4.74 Å². The van der Waals surface area contributed by atoms with Crippen LogP contribution in [0.3, 0.4) is 0 Å². The highest BCUT2D eigenvalue weighted by Gasteiger charge is 2.51. The third-order valence-electron chi connectivity index (χ3n) is 6.09. The number of carbonyl (C=O) groups excluding carboxylic acids is 2. The molecule has 128 valence electrons. The van der Waals surface area contributed by atoms with Crippen molar-refractivity contribution in [3.63, 3.8) is 0 Å². The Hall–Kier alpha value is -1.78. The maximum atomic E-state index is 13.2. The van der Waals surface area contributed by atoms with E-state index < -0.39 is 24.0 Å². The minimum atomic E-state index is -1.08. The lowest BCUT2D eigenvalue weighted by molar-refractivity contribution is -0.161. The number of rotatable bonds is 4. The van der Waals surface area contributed by atoms with Crippen molar-refractivity contribution in [1.82, 2.24) is 0 Å². The van der Waals surface area contributed by atoms with Crippen LogP contribution < -0.4 is 0 Å². The molecule has 0 amide bonds. The normalized spacial score (nSPS) is 33.5. The van der Waals surface area contributed by atoms with Gasteiger partial charge in [0.1, 0.15) is 0 Å². The molecule has 0 spiro atoms. The monoisotopic (exact) mass is 334 g/mol. The molecule has 0 unspecified atom stereocenters. The molecule has 24 heavy (non-hydrogen) atoms. The number of ether oxygens (including phenoxy) is 1. The molecular weight excluding hydrogens is 314 g/mol. The first-order chi connectivity index (χ1) is 11.5. The highest BCUT2D eigenvalue weighted by Crippen LogP contribution is 2.56. The van der Waals surface area contributed by atoms with Crippen LogP contribution in [0.2, 0.25) is 0 Å². The lowest BCUT2D eigenvalue weighted by Crippen LogP contribution is -2.48. The zero-order chi connectivity index (χ0) is 16.8. The summed E-state index contributed by atoms with van der Waals surface area (Å²) in [6, 6.07) is 2.95. The molecule has 0 heterocycles. The summed E-state index contributed by atoms with van der Waals surface area (Å²) in [6.07, 6.45) is 5.71. The fourth-order valence-electron chi connectivity index (χ4n) is 5.30. The van der Waals surface area contributed by atoms with Crippen molar-refractivity contribution in [3.8, 4) is 0 Å². The molecule has 4 aliphatic rings. The predicted octanol–water partition coefficient (Wildman–Crippen LogP) is 3.76. The minimum Gasteiger partial charge on any atom is -0.457 e. The summed E-state index contributed by atoms with van der Waals surface area (Å²) in [4.78, 5) is 24.5. The third kappa shape index (κ3) is 2.74. The van der Waals surface area contributed by atoms with Gasteiger partial charge in [0.05, 0.1) is 5.92 Å². The van der Waals surface area contributed by atoms with Gasteiger partial charge in [-0.25, -0.2) is 8.78 Å². The zero-order valence-corrected chi connectivity index (χ0v) is 13.3. The summed E-state index contributed by atoms with van der Waals surface area (Å²) in [5.41, 5.74) is 0.0202. The van der Waals surface area contributed by atoms with E-state index in [2.05, 4.69) is 0 Å². The summed E-state index contributed by atoms with van der Waals surface area (Å²) in [5, 5.41) is 0. The van der Waals surface area contributed by atoms with Gasteiger partial charge in [-0.05, 0) is 74.0 Å². The molecule has 0 atom stereocenters. The van der Waals surface area contributed by atoms with Gasteiger partial charge in [0, 0.05) is 5.56 Å².